The van der Waals surface area contributed by atoms with Crippen LogP contribution < -0.4 is 10.6 Å². The van der Waals surface area contributed by atoms with Crippen LogP contribution in [0, 0.1) is 6.92 Å². The van der Waals surface area contributed by atoms with Gasteiger partial charge in [-0.15, -0.1) is 0 Å². The van der Waals surface area contributed by atoms with Gasteiger partial charge >= 0.3 is 0 Å². The number of anilines is 2. The summed E-state index contributed by atoms with van der Waals surface area (Å²) >= 11 is 0. The SMILES string of the molecule is Cc1cc(/C=C/c2cccnc2)ccc1Nc1cccc(C(=O)NCCCN2CCOCC2)c1. The molecule has 0 spiro atoms. The quantitative estimate of drug-likeness (QED) is 0.455. The number of rotatable bonds is 9. The zero-order chi connectivity index (χ0) is 23.6. The van der Waals surface area contributed by atoms with Crippen LogP contribution in [0.1, 0.15) is 33.5 Å². The van der Waals surface area contributed by atoms with Gasteiger partial charge in [0.15, 0.2) is 0 Å². The zero-order valence-corrected chi connectivity index (χ0v) is 19.7. The van der Waals surface area contributed by atoms with Crippen LogP contribution in [-0.4, -0.2) is 55.2 Å². The molecule has 3 aromatic rings. The molecule has 1 aliphatic rings. The van der Waals surface area contributed by atoms with E-state index in [1.54, 1.807) is 6.20 Å². The average molecular weight is 457 g/mol. The molecule has 4 rings (SSSR count). The molecule has 6 heteroatoms. The maximum Gasteiger partial charge on any atom is 0.251 e. The van der Waals surface area contributed by atoms with E-state index in [9.17, 15) is 4.79 Å². The Morgan fingerprint density at radius 1 is 1.06 bits per heavy atom. The number of carbonyl (C=O) groups excluding carboxylic acids is 1. The van der Waals surface area contributed by atoms with Crippen LogP contribution in [0.5, 0.6) is 0 Å². The lowest BCUT2D eigenvalue weighted by Crippen LogP contribution is -2.38. The van der Waals surface area contributed by atoms with Gasteiger partial charge in [0, 0.05) is 49.0 Å². The standard InChI is InChI=1S/C28H32N4O2/c1-22-19-23(8-9-24-5-3-12-29-21-24)10-11-27(22)31-26-7-2-6-25(20-26)28(33)30-13-4-14-32-15-17-34-18-16-32/h2-3,5-12,19-21,31H,4,13-18H2,1H3,(H,30,33)/b9-8+. The summed E-state index contributed by atoms with van der Waals surface area (Å²) in [4.78, 5) is 19.1. The first kappa shape index (κ1) is 23.7. The van der Waals surface area contributed by atoms with Gasteiger partial charge in [-0.2, -0.15) is 0 Å². The maximum atomic E-state index is 12.6. The van der Waals surface area contributed by atoms with Crippen LogP contribution in [-0.2, 0) is 4.74 Å². The van der Waals surface area contributed by atoms with Crippen molar-refractivity contribution in [3.63, 3.8) is 0 Å². The smallest absolute Gasteiger partial charge is 0.251 e. The minimum absolute atomic E-state index is 0.0433. The fraction of sp³-hybridized carbons (Fsp3) is 0.286. The third kappa shape index (κ3) is 7.01. The highest BCUT2D eigenvalue weighted by Crippen LogP contribution is 2.23. The van der Waals surface area contributed by atoms with Crippen LogP contribution in [0.25, 0.3) is 12.2 Å². The minimum atomic E-state index is -0.0433. The summed E-state index contributed by atoms with van der Waals surface area (Å²) in [6, 6.07) is 17.9. The number of nitrogens with one attached hydrogen (secondary N) is 2. The lowest BCUT2D eigenvalue weighted by molar-refractivity contribution is 0.0374. The van der Waals surface area contributed by atoms with Crippen molar-refractivity contribution in [2.75, 3.05) is 44.7 Å². The molecule has 0 radical (unpaired) electrons. The highest BCUT2D eigenvalue weighted by atomic mass is 16.5. The van der Waals surface area contributed by atoms with E-state index in [4.69, 9.17) is 4.74 Å². The number of carbonyl (C=O) groups is 1. The molecule has 1 aliphatic heterocycles. The number of benzene rings is 2. The molecule has 0 saturated carbocycles. The Bertz CT molecular complexity index is 1110. The second-order valence-corrected chi connectivity index (χ2v) is 8.46. The van der Waals surface area contributed by atoms with Crippen molar-refractivity contribution in [1.82, 2.24) is 15.2 Å². The third-order valence-corrected chi connectivity index (χ3v) is 5.85. The first-order valence-corrected chi connectivity index (χ1v) is 11.8. The minimum Gasteiger partial charge on any atom is -0.379 e. The highest BCUT2D eigenvalue weighted by molar-refractivity contribution is 5.95. The van der Waals surface area contributed by atoms with Crippen molar-refractivity contribution in [3.8, 4) is 0 Å². The summed E-state index contributed by atoms with van der Waals surface area (Å²) in [5.41, 5.74) is 5.89. The third-order valence-electron chi connectivity index (χ3n) is 5.85. The normalized spacial score (nSPS) is 14.3. The second kappa shape index (κ2) is 12.1. The van der Waals surface area contributed by atoms with Gasteiger partial charge in [0.2, 0.25) is 0 Å². The number of hydrogen-bond acceptors (Lipinski definition) is 5. The molecular formula is C28H32N4O2. The molecule has 0 aliphatic carbocycles. The van der Waals surface area contributed by atoms with Gasteiger partial charge < -0.3 is 15.4 Å². The molecule has 0 unspecified atom stereocenters. The van der Waals surface area contributed by atoms with E-state index in [0.717, 1.165) is 67.3 Å². The Balaban J connectivity index is 1.30. The summed E-state index contributed by atoms with van der Waals surface area (Å²) < 4.78 is 5.37. The predicted molar refractivity (Wildman–Crippen MR) is 138 cm³/mol. The van der Waals surface area contributed by atoms with Gasteiger partial charge in [-0.3, -0.25) is 14.7 Å². The molecule has 0 atom stereocenters. The monoisotopic (exact) mass is 456 g/mol. The summed E-state index contributed by atoms with van der Waals surface area (Å²) in [5.74, 6) is -0.0433. The van der Waals surface area contributed by atoms with E-state index >= 15 is 0 Å². The van der Waals surface area contributed by atoms with Crippen LogP contribution in [0.15, 0.2) is 67.0 Å². The molecule has 34 heavy (non-hydrogen) atoms. The van der Waals surface area contributed by atoms with Gasteiger partial charge in [0.05, 0.1) is 13.2 Å². The molecular weight excluding hydrogens is 424 g/mol. The van der Waals surface area contributed by atoms with Gasteiger partial charge in [0.25, 0.3) is 5.91 Å². The molecule has 1 fully saturated rings. The topological polar surface area (TPSA) is 66.5 Å². The number of morpholine rings is 1. The summed E-state index contributed by atoms with van der Waals surface area (Å²) in [6.45, 7) is 7.28. The number of nitrogens with zero attached hydrogens (tertiary/aromatic N) is 2. The van der Waals surface area contributed by atoms with Gasteiger partial charge in [-0.05, 0) is 73.0 Å². The van der Waals surface area contributed by atoms with E-state index < -0.39 is 0 Å². The lowest BCUT2D eigenvalue weighted by atomic mass is 10.1. The number of hydrogen-bond donors (Lipinski definition) is 2. The molecule has 2 N–H and O–H groups in total. The van der Waals surface area contributed by atoms with E-state index in [-0.39, 0.29) is 5.91 Å². The Labute approximate surface area is 201 Å². The maximum absolute atomic E-state index is 12.6. The Morgan fingerprint density at radius 3 is 2.71 bits per heavy atom. The molecule has 0 bridgehead atoms. The van der Waals surface area contributed by atoms with E-state index in [0.29, 0.717) is 12.1 Å². The zero-order valence-electron chi connectivity index (χ0n) is 19.7. The average Bonchev–Trinajstić information content (AvgIpc) is 2.88. The molecule has 1 saturated heterocycles. The van der Waals surface area contributed by atoms with Crippen molar-refractivity contribution >= 4 is 29.4 Å². The van der Waals surface area contributed by atoms with E-state index in [1.165, 1.54) is 0 Å². The number of aryl methyl sites for hydroxylation is 1. The molecule has 1 aromatic heterocycles. The fourth-order valence-corrected chi connectivity index (χ4v) is 3.92. The van der Waals surface area contributed by atoms with E-state index in [1.807, 2.05) is 42.6 Å². The van der Waals surface area contributed by atoms with Crippen LogP contribution >= 0.6 is 0 Å². The Hall–Kier alpha value is -3.48. The lowest BCUT2D eigenvalue weighted by Gasteiger charge is -2.26. The van der Waals surface area contributed by atoms with Crippen molar-refractivity contribution in [2.24, 2.45) is 0 Å². The summed E-state index contributed by atoms with van der Waals surface area (Å²) in [7, 11) is 0. The molecule has 176 valence electrons. The van der Waals surface area contributed by atoms with Crippen molar-refractivity contribution in [2.45, 2.75) is 13.3 Å². The molecule has 2 aromatic carbocycles. The number of ether oxygens (including phenoxy) is 1. The van der Waals surface area contributed by atoms with E-state index in [2.05, 4.69) is 57.8 Å². The van der Waals surface area contributed by atoms with Crippen molar-refractivity contribution < 1.29 is 9.53 Å². The molecule has 1 amide bonds. The highest BCUT2D eigenvalue weighted by Gasteiger charge is 2.10. The van der Waals surface area contributed by atoms with Crippen LogP contribution in [0.4, 0.5) is 11.4 Å². The van der Waals surface area contributed by atoms with Gasteiger partial charge in [-0.1, -0.05) is 30.4 Å². The molecule has 2 heterocycles. The second-order valence-electron chi connectivity index (χ2n) is 8.46. The number of aromatic nitrogens is 1. The Kier molecular flexibility index (Phi) is 8.43. The largest absolute Gasteiger partial charge is 0.379 e. The predicted octanol–water partition coefficient (Wildman–Crippen LogP) is 4.76. The van der Waals surface area contributed by atoms with Crippen molar-refractivity contribution in [3.05, 3.63) is 89.2 Å². The first-order chi connectivity index (χ1) is 16.7. The first-order valence-electron chi connectivity index (χ1n) is 11.8. The van der Waals surface area contributed by atoms with Gasteiger partial charge in [-0.25, -0.2) is 0 Å². The molecule has 6 nitrogen and oxygen atoms in total. The fourth-order valence-electron chi connectivity index (χ4n) is 3.92. The number of pyridine rings is 1. The summed E-state index contributed by atoms with van der Waals surface area (Å²) in [6.07, 6.45) is 8.68. The summed E-state index contributed by atoms with van der Waals surface area (Å²) in [5, 5.41) is 6.49. The van der Waals surface area contributed by atoms with Crippen LogP contribution in [0.2, 0.25) is 0 Å². The van der Waals surface area contributed by atoms with Crippen LogP contribution in [0.3, 0.4) is 0 Å². The van der Waals surface area contributed by atoms with Gasteiger partial charge in [0.1, 0.15) is 0 Å². The Morgan fingerprint density at radius 2 is 1.91 bits per heavy atom. The van der Waals surface area contributed by atoms with Crippen molar-refractivity contribution in [1.29, 1.82) is 0 Å². The number of amides is 1.